The lowest BCUT2D eigenvalue weighted by molar-refractivity contribution is -0.704. The smallest absolute Gasteiger partial charge is 0.235 e. The SMILES string of the molecule is CCCC[n+]1ccn(CC)c1CCC. The quantitative estimate of drug-likeness (QED) is 0.617. The van der Waals surface area contributed by atoms with E-state index in [4.69, 9.17) is 0 Å². The van der Waals surface area contributed by atoms with Crippen molar-refractivity contribution in [3.63, 3.8) is 0 Å². The number of rotatable bonds is 6. The second-order valence-corrected chi connectivity index (χ2v) is 3.80. The lowest BCUT2D eigenvalue weighted by Crippen LogP contribution is -2.37. The standard InChI is InChI=1S/C12H23N2/c1-4-7-9-14-11-10-13(6-3)12(14)8-5-2/h10-11H,4-9H2,1-3H3/q+1. The molecule has 1 aromatic rings. The van der Waals surface area contributed by atoms with Gasteiger partial charge in [-0.05, 0) is 19.8 Å². The number of aryl methyl sites for hydroxylation is 2. The van der Waals surface area contributed by atoms with E-state index in [1.165, 1.54) is 38.1 Å². The highest BCUT2D eigenvalue weighted by molar-refractivity contribution is 4.83. The third-order valence-corrected chi connectivity index (χ3v) is 2.66. The summed E-state index contributed by atoms with van der Waals surface area (Å²) in [6.07, 6.45) is 9.43. The summed E-state index contributed by atoms with van der Waals surface area (Å²) < 4.78 is 4.77. The van der Waals surface area contributed by atoms with Gasteiger partial charge in [-0.3, -0.25) is 0 Å². The van der Waals surface area contributed by atoms with Crippen LogP contribution in [0.4, 0.5) is 0 Å². The summed E-state index contributed by atoms with van der Waals surface area (Å²) in [5.41, 5.74) is 0. The minimum absolute atomic E-state index is 1.09. The van der Waals surface area contributed by atoms with Gasteiger partial charge in [-0.1, -0.05) is 20.3 Å². The highest BCUT2D eigenvalue weighted by Crippen LogP contribution is 2.00. The van der Waals surface area contributed by atoms with Crippen molar-refractivity contribution in [3.8, 4) is 0 Å². The molecule has 0 aliphatic carbocycles. The van der Waals surface area contributed by atoms with Crippen LogP contribution in [-0.4, -0.2) is 4.57 Å². The minimum Gasteiger partial charge on any atom is -0.235 e. The molecule has 2 heteroatoms. The van der Waals surface area contributed by atoms with Gasteiger partial charge in [0.25, 0.3) is 5.82 Å². The molecule has 0 unspecified atom stereocenters. The van der Waals surface area contributed by atoms with Crippen molar-refractivity contribution in [2.45, 2.75) is 59.5 Å². The molecule has 0 aliphatic heterocycles. The van der Waals surface area contributed by atoms with Crippen molar-refractivity contribution in [2.75, 3.05) is 0 Å². The summed E-state index contributed by atoms with van der Waals surface area (Å²) in [6.45, 7) is 8.98. The van der Waals surface area contributed by atoms with Gasteiger partial charge in [0.15, 0.2) is 0 Å². The van der Waals surface area contributed by atoms with Crippen LogP contribution in [0.15, 0.2) is 12.4 Å². The Hall–Kier alpha value is -0.790. The van der Waals surface area contributed by atoms with Crippen LogP contribution >= 0.6 is 0 Å². The Bertz CT molecular complexity index is 263. The second kappa shape index (κ2) is 5.84. The van der Waals surface area contributed by atoms with E-state index >= 15 is 0 Å². The molecule has 0 spiro atoms. The largest absolute Gasteiger partial charge is 0.256 e. The third-order valence-electron chi connectivity index (χ3n) is 2.66. The molecule has 0 bridgehead atoms. The van der Waals surface area contributed by atoms with E-state index in [0.29, 0.717) is 0 Å². The van der Waals surface area contributed by atoms with E-state index in [-0.39, 0.29) is 0 Å². The average molecular weight is 195 g/mol. The Kier molecular flexibility index (Phi) is 4.71. The number of hydrogen-bond donors (Lipinski definition) is 0. The molecule has 0 fully saturated rings. The maximum Gasteiger partial charge on any atom is 0.256 e. The monoisotopic (exact) mass is 195 g/mol. The third kappa shape index (κ3) is 2.60. The van der Waals surface area contributed by atoms with Gasteiger partial charge in [-0.15, -0.1) is 0 Å². The highest BCUT2D eigenvalue weighted by atomic mass is 15.1. The van der Waals surface area contributed by atoms with Crippen molar-refractivity contribution < 1.29 is 4.57 Å². The van der Waals surface area contributed by atoms with E-state index in [0.717, 1.165) is 6.54 Å². The summed E-state index contributed by atoms with van der Waals surface area (Å²) in [4.78, 5) is 0. The zero-order chi connectivity index (χ0) is 10.4. The zero-order valence-electron chi connectivity index (χ0n) is 9.79. The van der Waals surface area contributed by atoms with Crippen molar-refractivity contribution in [1.82, 2.24) is 4.57 Å². The summed E-state index contributed by atoms with van der Waals surface area (Å²) in [5.74, 6) is 1.49. The lowest BCUT2D eigenvalue weighted by atomic mass is 10.3. The van der Waals surface area contributed by atoms with Crippen molar-refractivity contribution >= 4 is 0 Å². The van der Waals surface area contributed by atoms with E-state index in [9.17, 15) is 0 Å². The van der Waals surface area contributed by atoms with Crippen LogP contribution in [-0.2, 0) is 19.5 Å². The molecule has 0 saturated heterocycles. The molecular formula is C12H23N2+. The van der Waals surface area contributed by atoms with Crippen molar-refractivity contribution in [3.05, 3.63) is 18.2 Å². The Morgan fingerprint density at radius 1 is 1.21 bits per heavy atom. The molecule has 0 aliphatic rings. The van der Waals surface area contributed by atoms with Gasteiger partial charge in [0.2, 0.25) is 0 Å². The van der Waals surface area contributed by atoms with E-state index in [2.05, 4.69) is 42.3 Å². The van der Waals surface area contributed by atoms with E-state index in [1.807, 2.05) is 0 Å². The first-order valence-electron chi connectivity index (χ1n) is 5.90. The molecule has 1 aromatic heterocycles. The normalized spacial score (nSPS) is 10.8. The Morgan fingerprint density at radius 2 is 2.00 bits per heavy atom. The molecule has 1 heterocycles. The molecule has 0 atom stereocenters. The fourth-order valence-corrected chi connectivity index (χ4v) is 1.83. The first-order chi connectivity index (χ1) is 6.83. The van der Waals surface area contributed by atoms with Gasteiger partial charge in [0.05, 0.1) is 13.1 Å². The zero-order valence-corrected chi connectivity index (χ0v) is 9.79. The lowest BCUT2D eigenvalue weighted by Gasteiger charge is -2.01. The Balaban J connectivity index is 2.75. The summed E-state index contributed by atoms with van der Waals surface area (Å²) in [7, 11) is 0. The van der Waals surface area contributed by atoms with Gasteiger partial charge in [0, 0.05) is 6.42 Å². The number of nitrogens with zero attached hydrogens (tertiary/aromatic N) is 2. The maximum absolute atomic E-state index is 2.41. The Labute approximate surface area is 87.6 Å². The van der Waals surface area contributed by atoms with Crippen LogP contribution in [0, 0.1) is 0 Å². The molecule has 1 rings (SSSR count). The molecule has 0 aromatic carbocycles. The first-order valence-corrected chi connectivity index (χ1v) is 5.90. The van der Waals surface area contributed by atoms with Crippen LogP contribution in [0.1, 0.15) is 45.9 Å². The first kappa shape index (κ1) is 11.3. The predicted molar refractivity (Wildman–Crippen MR) is 59.2 cm³/mol. The van der Waals surface area contributed by atoms with Gasteiger partial charge in [0.1, 0.15) is 12.4 Å². The average Bonchev–Trinajstić information content (AvgIpc) is 2.58. The molecule has 0 amide bonds. The van der Waals surface area contributed by atoms with E-state index in [1.54, 1.807) is 0 Å². The van der Waals surface area contributed by atoms with Crippen LogP contribution in [0.5, 0.6) is 0 Å². The fourth-order valence-electron chi connectivity index (χ4n) is 1.83. The molecule has 80 valence electrons. The van der Waals surface area contributed by atoms with Crippen molar-refractivity contribution in [2.24, 2.45) is 0 Å². The predicted octanol–water partition coefficient (Wildman–Crippen LogP) is 2.55. The molecular weight excluding hydrogens is 172 g/mol. The number of imidazole rings is 1. The van der Waals surface area contributed by atoms with Crippen LogP contribution in [0.3, 0.4) is 0 Å². The number of aromatic nitrogens is 2. The van der Waals surface area contributed by atoms with Gasteiger partial charge >= 0.3 is 0 Å². The summed E-state index contributed by atoms with van der Waals surface area (Å²) in [6, 6.07) is 0. The van der Waals surface area contributed by atoms with Crippen LogP contribution in [0.25, 0.3) is 0 Å². The van der Waals surface area contributed by atoms with Gasteiger partial charge in [-0.2, -0.15) is 0 Å². The number of unbranched alkanes of at least 4 members (excludes halogenated alkanes) is 1. The molecule has 14 heavy (non-hydrogen) atoms. The second-order valence-electron chi connectivity index (χ2n) is 3.80. The van der Waals surface area contributed by atoms with Crippen LogP contribution in [0.2, 0.25) is 0 Å². The molecule has 2 nitrogen and oxygen atoms in total. The molecule has 0 radical (unpaired) electrons. The van der Waals surface area contributed by atoms with Gasteiger partial charge in [-0.25, -0.2) is 9.13 Å². The fraction of sp³-hybridized carbons (Fsp3) is 0.750. The topological polar surface area (TPSA) is 8.81 Å². The highest BCUT2D eigenvalue weighted by Gasteiger charge is 2.13. The summed E-state index contributed by atoms with van der Waals surface area (Å²) in [5, 5.41) is 0. The minimum atomic E-state index is 1.09. The molecule has 0 N–H and O–H groups in total. The summed E-state index contributed by atoms with van der Waals surface area (Å²) >= 11 is 0. The Morgan fingerprint density at radius 3 is 2.57 bits per heavy atom. The van der Waals surface area contributed by atoms with Crippen molar-refractivity contribution in [1.29, 1.82) is 0 Å². The maximum atomic E-state index is 2.41. The van der Waals surface area contributed by atoms with E-state index < -0.39 is 0 Å². The molecule has 0 saturated carbocycles. The number of hydrogen-bond acceptors (Lipinski definition) is 0. The van der Waals surface area contributed by atoms with Gasteiger partial charge < -0.3 is 0 Å². The van der Waals surface area contributed by atoms with Crippen LogP contribution < -0.4 is 4.57 Å².